The summed E-state index contributed by atoms with van der Waals surface area (Å²) in [6.07, 6.45) is 3.65. The summed E-state index contributed by atoms with van der Waals surface area (Å²) in [7, 11) is 0. The van der Waals surface area contributed by atoms with E-state index in [1.807, 2.05) is 30.6 Å². The smallest absolute Gasteiger partial charge is 0.160 e. The predicted molar refractivity (Wildman–Crippen MR) is 234 cm³/mol. The first-order valence-corrected chi connectivity index (χ1v) is 19.0. The zero-order chi connectivity index (χ0) is 37.0. The van der Waals surface area contributed by atoms with Crippen LogP contribution in [0.15, 0.2) is 200 Å². The van der Waals surface area contributed by atoms with E-state index >= 15 is 0 Å². The van der Waals surface area contributed by atoms with Gasteiger partial charge in [0.25, 0.3) is 0 Å². The summed E-state index contributed by atoms with van der Waals surface area (Å²) < 4.78 is 0. The molecule has 0 saturated heterocycles. The van der Waals surface area contributed by atoms with Crippen molar-refractivity contribution in [2.45, 2.75) is 0 Å². The quantitative estimate of drug-likeness (QED) is 0.161. The summed E-state index contributed by atoms with van der Waals surface area (Å²) >= 11 is 0. The maximum absolute atomic E-state index is 5.20. The average molecular weight is 712 g/mol. The van der Waals surface area contributed by atoms with Crippen LogP contribution in [0.4, 0.5) is 0 Å². The van der Waals surface area contributed by atoms with Gasteiger partial charge in [0.05, 0.1) is 11.4 Å². The Morgan fingerprint density at radius 2 is 0.821 bits per heavy atom. The molecule has 0 fully saturated rings. The first-order chi connectivity index (χ1) is 27.7. The van der Waals surface area contributed by atoms with Crippen molar-refractivity contribution in [1.82, 2.24) is 15.0 Å². The van der Waals surface area contributed by atoms with Crippen LogP contribution in [0.3, 0.4) is 0 Å². The maximum Gasteiger partial charge on any atom is 0.160 e. The number of aromatic nitrogens is 3. The molecule has 0 N–H and O–H groups in total. The fourth-order valence-corrected chi connectivity index (χ4v) is 8.43. The number of hydrogen-bond acceptors (Lipinski definition) is 3. The summed E-state index contributed by atoms with van der Waals surface area (Å²) in [6, 6.07) is 67.4. The van der Waals surface area contributed by atoms with E-state index in [1.54, 1.807) is 0 Å². The van der Waals surface area contributed by atoms with E-state index in [0.717, 1.165) is 44.8 Å². The molecule has 0 unspecified atom stereocenters. The third-order valence-electron chi connectivity index (χ3n) is 11.2. The monoisotopic (exact) mass is 711 g/mol. The molecule has 0 spiro atoms. The molecule has 56 heavy (non-hydrogen) atoms. The molecule has 11 rings (SSSR count). The van der Waals surface area contributed by atoms with Crippen molar-refractivity contribution in [3.05, 3.63) is 200 Å². The van der Waals surface area contributed by atoms with Gasteiger partial charge >= 0.3 is 0 Å². The molecule has 2 aromatic heterocycles. The van der Waals surface area contributed by atoms with Gasteiger partial charge in [-0.25, -0.2) is 9.97 Å². The van der Waals surface area contributed by atoms with Crippen molar-refractivity contribution in [3.8, 4) is 67.3 Å². The molecule has 0 aliphatic heterocycles. The van der Waals surface area contributed by atoms with Crippen molar-refractivity contribution >= 4 is 43.1 Å². The van der Waals surface area contributed by atoms with Crippen LogP contribution in [0.25, 0.3) is 110 Å². The standard InChI is InChI=1S/C53H33N3/c1-2-9-37(10-3-1)49-33-50(38-18-16-34(17-19-38)35-28-30-54-31-29-35)56-53(55-49)42-13-6-12-41(32-42)44-24-20-39-23-27-48-46(25-21-40-22-26-47(44)51(39)52(40)48)45-15-7-11-36-8-4-5-14-43(36)45/h1-33H. The maximum atomic E-state index is 5.20. The van der Waals surface area contributed by atoms with Crippen LogP contribution < -0.4 is 0 Å². The normalized spacial score (nSPS) is 11.6. The summed E-state index contributed by atoms with van der Waals surface area (Å²) in [4.78, 5) is 14.6. The fourth-order valence-electron chi connectivity index (χ4n) is 8.43. The lowest BCUT2D eigenvalue weighted by molar-refractivity contribution is 1.18. The zero-order valence-electron chi connectivity index (χ0n) is 30.4. The Labute approximate surface area is 324 Å². The zero-order valence-corrected chi connectivity index (χ0v) is 30.4. The van der Waals surface area contributed by atoms with Crippen LogP contribution >= 0.6 is 0 Å². The topological polar surface area (TPSA) is 38.7 Å². The second-order valence-electron chi connectivity index (χ2n) is 14.4. The Balaban J connectivity index is 1.05. The predicted octanol–water partition coefficient (Wildman–Crippen LogP) is 13.9. The lowest BCUT2D eigenvalue weighted by atomic mass is 9.86. The highest BCUT2D eigenvalue weighted by molar-refractivity contribution is 6.28. The van der Waals surface area contributed by atoms with Gasteiger partial charge in [0.15, 0.2) is 5.82 Å². The van der Waals surface area contributed by atoms with Crippen LogP contribution in [0.5, 0.6) is 0 Å². The Morgan fingerprint density at radius 3 is 1.59 bits per heavy atom. The van der Waals surface area contributed by atoms with Gasteiger partial charge in [-0.1, -0.05) is 164 Å². The van der Waals surface area contributed by atoms with Gasteiger partial charge in [-0.3, -0.25) is 4.98 Å². The molecule has 0 bridgehead atoms. The second kappa shape index (κ2) is 13.1. The van der Waals surface area contributed by atoms with Crippen LogP contribution in [0, 0.1) is 0 Å². The lowest BCUT2D eigenvalue weighted by Gasteiger charge is -2.17. The Hall–Kier alpha value is -7.49. The highest BCUT2D eigenvalue weighted by atomic mass is 14.9. The molecular weight excluding hydrogens is 679 g/mol. The minimum absolute atomic E-state index is 0.693. The molecule has 0 radical (unpaired) electrons. The van der Waals surface area contributed by atoms with Crippen LogP contribution in [-0.2, 0) is 0 Å². The van der Waals surface area contributed by atoms with E-state index in [2.05, 4.69) is 175 Å². The average Bonchev–Trinajstić information content (AvgIpc) is 3.28. The lowest BCUT2D eigenvalue weighted by Crippen LogP contribution is -1.96. The van der Waals surface area contributed by atoms with E-state index < -0.39 is 0 Å². The highest BCUT2D eigenvalue weighted by Gasteiger charge is 2.17. The van der Waals surface area contributed by atoms with E-state index in [9.17, 15) is 0 Å². The van der Waals surface area contributed by atoms with Gasteiger partial charge in [-0.15, -0.1) is 0 Å². The summed E-state index contributed by atoms with van der Waals surface area (Å²) in [5.74, 6) is 0.693. The van der Waals surface area contributed by atoms with E-state index in [1.165, 1.54) is 59.8 Å². The third kappa shape index (κ3) is 5.40. The third-order valence-corrected chi connectivity index (χ3v) is 11.2. The molecule has 2 heterocycles. The summed E-state index contributed by atoms with van der Waals surface area (Å²) in [5, 5.41) is 10.1. The molecular formula is C53H33N3. The number of benzene rings is 9. The fraction of sp³-hybridized carbons (Fsp3) is 0. The van der Waals surface area contributed by atoms with Crippen LogP contribution in [-0.4, -0.2) is 15.0 Å². The van der Waals surface area contributed by atoms with Crippen molar-refractivity contribution in [1.29, 1.82) is 0 Å². The molecule has 9 aromatic carbocycles. The Bertz CT molecular complexity index is 3220. The Kier molecular flexibility index (Phi) is 7.49. The molecule has 0 aliphatic rings. The largest absolute Gasteiger partial charge is 0.265 e. The molecule has 0 aliphatic carbocycles. The number of fused-ring (bicyclic) bond motifs is 1. The van der Waals surface area contributed by atoms with E-state index in [4.69, 9.17) is 9.97 Å². The van der Waals surface area contributed by atoms with Crippen LogP contribution in [0.1, 0.15) is 0 Å². The second-order valence-corrected chi connectivity index (χ2v) is 14.4. The molecule has 0 atom stereocenters. The van der Waals surface area contributed by atoms with E-state index in [0.29, 0.717) is 5.82 Å². The van der Waals surface area contributed by atoms with Gasteiger partial charge in [0.1, 0.15) is 0 Å². The first-order valence-electron chi connectivity index (χ1n) is 19.0. The van der Waals surface area contributed by atoms with Gasteiger partial charge in [0.2, 0.25) is 0 Å². The van der Waals surface area contributed by atoms with Crippen molar-refractivity contribution < 1.29 is 0 Å². The first kappa shape index (κ1) is 32.0. The molecule has 3 nitrogen and oxygen atoms in total. The van der Waals surface area contributed by atoms with Gasteiger partial charge in [0, 0.05) is 29.1 Å². The number of pyridine rings is 1. The van der Waals surface area contributed by atoms with Gasteiger partial charge in [-0.05, 0) is 101 Å². The SMILES string of the molecule is c1ccc(-c2cc(-c3ccc(-c4ccncc4)cc3)nc(-c3cccc(-c4ccc5ccc6c(-c7cccc8ccccc78)ccc7ccc4c5c76)c3)n2)cc1. The van der Waals surface area contributed by atoms with E-state index in [-0.39, 0.29) is 0 Å². The number of hydrogen-bond donors (Lipinski definition) is 0. The minimum atomic E-state index is 0.693. The molecule has 260 valence electrons. The van der Waals surface area contributed by atoms with Crippen molar-refractivity contribution in [3.63, 3.8) is 0 Å². The molecule has 0 amide bonds. The number of rotatable bonds is 6. The molecule has 11 aromatic rings. The molecule has 3 heteroatoms. The van der Waals surface area contributed by atoms with Crippen molar-refractivity contribution in [2.75, 3.05) is 0 Å². The summed E-state index contributed by atoms with van der Waals surface area (Å²) in [5.41, 5.74) is 11.9. The summed E-state index contributed by atoms with van der Waals surface area (Å²) in [6.45, 7) is 0. The van der Waals surface area contributed by atoms with Gasteiger partial charge in [-0.2, -0.15) is 0 Å². The minimum Gasteiger partial charge on any atom is -0.265 e. The van der Waals surface area contributed by atoms with Gasteiger partial charge < -0.3 is 0 Å². The Morgan fingerprint density at radius 1 is 0.286 bits per heavy atom. The highest BCUT2D eigenvalue weighted by Crippen LogP contribution is 2.44. The number of nitrogens with zero attached hydrogens (tertiary/aromatic N) is 3. The van der Waals surface area contributed by atoms with Crippen molar-refractivity contribution in [2.24, 2.45) is 0 Å². The molecule has 0 saturated carbocycles. The van der Waals surface area contributed by atoms with Crippen LogP contribution in [0.2, 0.25) is 0 Å².